The van der Waals surface area contributed by atoms with Crippen LogP contribution >= 0.6 is 0 Å². The van der Waals surface area contributed by atoms with Crippen LogP contribution in [-0.4, -0.2) is 52.6 Å². The van der Waals surface area contributed by atoms with Crippen LogP contribution in [0.1, 0.15) is 52.4 Å². The normalized spacial score (nSPS) is 21.0. The van der Waals surface area contributed by atoms with Crippen LogP contribution in [0.15, 0.2) is 0 Å². The van der Waals surface area contributed by atoms with E-state index in [1.807, 2.05) is 4.90 Å². The van der Waals surface area contributed by atoms with Gasteiger partial charge in [0.25, 0.3) is 0 Å². The smallest absolute Gasteiger partial charge is 0.320 e. The Morgan fingerprint density at radius 1 is 1.14 bits per heavy atom. The predicted molar refractivity (Wildman–Crippen MR) is 81.1 cm³/mol. The molecule has 0 aromatic heterocycles. The average Bonchev–Trinajstić information content (AvgIpc) is 2.98. The van der Waals surface area contributed by atoms with Crippen molar-refractivity contribution in [3.05, 3.63) is 0 Å². The highest BCUT2D eigenvalue weighted by molar-refractivity contribution is 5.76. The van der Waals surface area contributed by atoms with E-state index < -0.39 is 5.97 Å². The molecule has 1 N–H and O–H groups in total. The van der Waals surface area contributed by atoms with E-state index in [1.54, 1.807) is 0 Å². The molecule has 2 aliphatic rings. The topological polar surface area (TPSA) is 60.9 Å². The predicted octanol–water partition coefficient (Wildman–Crippen LogP) is 2.80. The highest BCUT2D eigenvalue weighted by Crippen LogP contribution is 2.26. The first-order valence-electron chi connectivity index (χ1n) is 8.27. The molecule has 1 aliphatic heterocycles. The van der Waals surface area contributed by atoms with Gasteiger partial charge in [0.1, 0.15) is 0 Å². The molecule has 2 fully saturated rings. The number of hydrogen-bond acceptors (Lipinski definition) is 2. The minimum Gasteiger partial charge on any atom is -0.481 e. The van der Waals surface area contributed by atoms with E-state index in [0.29, 0.717) is 37.9 Å². The fourth-order valence-corrected chi connectivity index (χ4v) is 3.49. The minimum absolute atomic E-state index is 0.124. The highest BCUT2D eigenvalue weighted by atomic mass is 16.4. The molecule has 0 radical (unpaired) electrons. The Balaban J connectivity index is 1.96. The standard InChI is InChI=1S/C16H28N2O3/c1-12(2)11-18(14-5-3-4-6-14)16(21)17-9-7-13(8-10-17)15(19)20/h12-14H,3-11H2,1-2H3,(H,19,20). The zero-order chi connectivity index (χ0) is 15.4. The summed E-state index contributed by atoms with van der Waals surface area (Å²) in [5.41, 5.74) is 0. The van der Waals surface area contributed by atoms with Crippen LogP contribution in [0.2, 0.25) is 0 Å². The second-order valence-electron chi connectivity index (χ2n) is 6.87. The number of carboxylic acid groups (broad SMARTS) is 1. The summed E-state index contributed by atoms with van der Waals surface area (Å²) in [6.45, 7) is 6.26. The number of rotatable bonds is 4. The zero-order valence-corrected chi connectivity index (χ0v) is 13.3. The number of carbonyl (C=O) groups is 2. The first kappa shape index (κ1) is 16.1. The quantitative estimate of drug-likeness (QED) is 0.867. The van der Waals surface area contributed by atoms with E-state index in [1.165, 1.54) is 12.8 Å². The molecule has 1 saturated heterocycles. The molecule has 0 spiro atoms. The first-order valence-corrected chi connectivity index (χ1v) is 8.27. The third kappa shape index (κ3) is 4.11. The van der Waals surface area contributed by atoms with Crippen molar-refractivity contribution in [2.45, 2.75) is 58.4 Å². The van der Waals surface area contributed by atoms with Crippen molar-refractivity contribution in [2.75, 3.05) is 19.6 Å². The summed E-state index contributed by atoms with van der Waals surface area (Å²) in [6, 6.07) is 0.511. The van der Waals surface area contributed by atoms with Gasteiger partial charge in [0.2, 0.25) is 0 Å². The van der Waals surface area contributed by atoms with Gasteiger partial charge in [0.15, 0.2) is 0 Å². The van der Waals surface area contributed by atoms with E-state index in [9.17, 15) is 9.59 Å². The largest absolute Gasteiger partial charge is 0.481 e. The summed E-state index contributed by atoms with van der Waals surface area (Å²) >= 11 is 0. The second-order valence-corrected chi connectivity index (χ2v) is 6.87. The van der Waals surface area contributed by atoms with Crippen LogP contribution in [0.4, 0.5) is 4.79 Å². The molecule has 5 heteroatoms. The number of carboxylic acids is 1. The van der Waals surface area contributed by atoms with Crippen molar-refractivity contribution in [1.29, 1.82) is 0 Å². The van der Waals surface area contributed by atoms with Crippen molar-refractivity contribution >= 4 is 12.0 Å². The van der Waals surface area contributed by atoms with Crippen LogP contribution in [0, 0.1) is 11.8 Å². The fraction of sp³-hybridized carbons (Fsp3) is 0.875. The summed E-state index contributed by atoms with van der Waals surface area (Å²) in [6.07, 6.45) is 5.83. The van der Waals surface area contributed by atoms with Crippen LogP contribution in [0.5, 0.6) is 0 Å². The average molecular weight is 296 g/mol. The van der Waals surface area contributed by atoms with Gasteiger partial charge in [-0.15, -0.1) is 0 Å². The first-order chi connectivity index (χ1) is 9.99. The van der Waals surface area contributed by atoms with Gasteiger partial charge in [0, 0.05) is 25.7 Å². The summed E-state index contributed by atoms with van der Waals surface area (Å²) < 4.78 is 0. The Hall–Kier alpha value is -1.26. The van der Waals surface area contributed by atoms with Gasteiger partial charge >= 0.3 is 12.0 Å². The van der Waals surface area contributed by atoms with Crippen molar-refractivity contribution in [3.63, 3.8) is 0 Å². The molecular formula is C16H28N2O3. The van der Waals surface area contributed by atoms with Crippen molar-refractivity contribution in [3.8, 4) is 0 Å². The lowest BCUT2D eigenvalue weighted by atomic mass is 9.97. The molecule has 0 unspecified atom stereocenters. The van der Waals surface area contributed by atoms with Crippen LogP contribution < -0.4 is 0 Å². The van der Waals surface area contributed by atoms with Gasteiger partial charge in [-0.3, -0.25) is 4.79 Å². The minimum atomic E-state index is -0.725. The molecule has 120 valence electrons. The van der Waals surface area contributed by atoms with Crippen molar-refractivity contribution in [1.82, 2.24) is 9.80 Å². The lowest BCUT2D eigenvalue weighted by Crippen LogP contribution is -2.51. The maximum atomic E-state index is 12.8. The van der Waals surface area contributed by atoms with Gasteiger partial charge in [-0.1, -0.05) is 26.7 Å². The molecule has 1 aliphatic carbocycles. The van der Waals surface area contributed by atoms with Crippen LogP contribution in [-0.2, 0) is 4.79 Å². The second kappa shape index (κ2) is 7.14. The van der Waals surface area contributed by atoms with E-state index in [-0.39, 0.29) is 11.9 Å². The summed E-state index contributed by atoms with van der Waals surface area (Å²) in [7, 11) is 0. The Morgan fingerprint density at radius 3 is 2.19 bits per heavy atom. The molecule has 0 atom stereocenters. The number of hydrogen-bond donors (Lipinski definition) is 1. The maximum absolute atomic E-state index is 12.8. The van der Waals surface area contributed by atoms with E-state index >= 15 is 0 Å². The molecule has 1 saturated carbocycles. The maximum Gasteiger partial charge on any atom is 0.320 e. The van der Waals surface area contributed by atoms with Gasteiger partial charge in [-0.25, -0.2) is 4.79 Å². The SMILES string of the molecule is CC(C)CN(C(=O)N1CCC(C(=O)O)CC1)C1CCCC1. The number of amides is 2. The Labute approximate surface area is 127 Å². The fourth-order valence-electron chi connectivity index (χ4n) is 3.49. The van der Waals surface area contributed by atoms with Crippen LogP contribution in [0.3, 0.4) is 0 Å². The van der Waals surface area contributed by atoms with Crippen LogP contribution in [0.25, 0.3) is 0 Å². The van der Waals surface area contributed by atoms with E-state index in [0.717, 1.165) is 19.4 Å². The molecule has 0 bridgehead atoms. The van der Waals surface area contributed by atoms with Gasteiger partial charge < -0.3 is 14.9 Å². The third-order valence-electron chi connectivity index (χ3n) is 4.69. The number of nitrogens with zero attached hydrogens (tertiary/aromatic N) is 2. The molecule has 2 amide bonds. The third-order valence-corrected chi connectivity index (χ3v) is 4.69. The molecule has 2 rings (SSSR count). The molecule has 0 aromatic carbocycles. The number of piperidine rings is 1. The van der Waals surface area contributed by atoms with E-state index in [4.69, 9.17) is 5.11 Å². The molecular weight excluding hydrogens is 268 g/mol. The summed E-state index contributed by atoms with van der Waals surface area (Å²) in [5.74, 6) is -0.540. The number of likely N-dealkylation sites (tertiary alicyclic amines) is 1. The zero-order valence-electron chi connectivity index (χ0n) is 13.3. The number of carbonyl (C=O) groups excluding carboxylic acids is 1. The summed E-state index contributed by atoms with van der Waals surface area (Å²) in [5, 5.41) is 9.05. The lowest BCUT2D eigenvalue weighted by Gasteiger charge is -2.38. The van der Waals surface area contributed by atoms with Crippen molar-refractivity contribution < 1.29 is 14.7 Å². The lowest BCUT2D eigenvalue weighted by molar-refractivity contribution is -0.143. The van der Waals surface area contributed by atoms with E-state index in [2.05, 4.69) is 18.7 Å². The number of urea groups is 1. The van der Waals surface area contributed by atoms with Gasteiger partial charge in [0.05, 0.1) is 5.92 Å². The van der Waals surface area contributed by atoms with Gasteiger partial charge in [-0.2, -0.15) is 0 Å². The molecule has 5 nitrogen and oxygen atoms in total. The highest BCUT2D eigenvalue weighted by Gasteiger charge is 2.33. The Kier molecular flexibility index (Phi) is 5.48. The number of aliphatic carboxylic acids is 1. The molecule has 21 heavy (non-hydrogen) atoms. The Morgan fingerprint density at radius 2 is 1.71 bits per heavy atom. The Bertz CT molecular complexity index is 370. The van der Waals surface area contributed by atoms with Crippen molar-refractivity contribution in [2.24, 2.45) is 11.8 Å². The monoisotopic (exact) mass is 296 g/mol. The summed E-state index contributed by atoms with van der Waals surface area (Å²) in [4.78, 5) is 27.7. The molecule has 0 aromatic rings. The van der Waals surface area contributed by atoms with Gasteiger partial charge in [-0.05, 0) is 31.6 Å². The molecule has 1 heterocycles.